The van der Waals surface area contributed by atoms with Gasteiger partial charge in [-0.25, -0.2) is 0 Å². The molecule has 0 rings (SSSR count). The normalized spacial score (nSPS) is 11.3. The average Bonchev–Trinajstić information content (AvgIpc) is 1.87. The summed E-state index contributed by atoms with van der Waals surface area (Å²) in [5.74, 6) is 0. The summed E-state index contributed by atoms with van der Waals surface area (Å²) in [5.41, 5.74) is -0.128. The van der Waals surface area contributed by atoms with E-state index >= 15 is 0 Å². The predicted molar refractivity (Wildman–Crippen MR) is 44.2 cm³/mol. The van der Waals surface area contributed by atoms with Crippen LogP contribution in [0.2, 0.25) is 0 Å². The van der Waals surface area contributed by atoms with Crippen molar-refractivity contribution in [3.05, 3.63) is 0 Å². The molecule has 1 amide bonds. The number of nitrogens with zero attached hydrogens (tertiary/aromatic N) is 1. The number of carbonyl (C=O) groups excluding carboxylic acids is 1. The summed E-state index contributed by atoms with van der Waals surface area (Å²) in [5, 5.41) is 8.53. The molecule has 3 nitrogen and oxygen atoms in total. The molecule has 66 valence electrons. The minimum absolute atomic E-state index is 0.128. The Morgan fingerprint density at radius 3 is 2.27 bits per heavy atom. The van der Waals surface area contributed by atoms with E-state index in [0.717, 1.165) is 6.41 Å². The van der Waals surface area contributed by atoms with Crippen molar-refractivity contribution in [3.63, 3.8) is 0 Å². The van der Waals surface area contributed by atoms with Crippen molar-refractivity contribution >= 4 is 6.41 Å². The summed E-state index contributed by atoms with van der Waals surface area (Å²) in [6.07, 6.45) is 1.48. The highest BCUT2D eigenvalue weighted by Crippen LogP contribution is 2.10. The van der Waals surface area contributed by atoms with Crippen LogP contribution in [0.25, 0.3) is 0 Å². The van der Waals surface area contributed by atoms with Crippen molar-refractivity contribution in [3.8, 4) is 0 Å². The van der Waals surface area contributed by atoms with Crippen molar-refractivity contribution in [1.29, 1.82) is 0 Å². The summed E-state index contributed by atoms with van der Waals surface area (Å²) in [7, 11) is 0. The summed E-state index contributed by atoms with van der Waals surface area (Å²) in [6, 6.07) is 0. The van der Waals surface area contributed by atoms with Gasteiger partial charge in [0.25, 0.3) is 0 Å². The van der Waals surface area contributed by atoms with Crippen LogP contribution in [0.1, 0.15) is 27.2 Å². The minimum atomic E-state index is -0.128. The molecule has 0 saturated carbocycles. The Morgan fingerprint density at radius 1 is 1.45 bits per heavy atom. The molecule has 0 fully saturated rings. The molecule has 0 unspecified atom stereocenters. The molecular formula is C8H17NO2. The van der Waals surface area contributed by atoms with Gasteiger partial charge in [-0.1, -0.05) is 0 Å². The van der Waals surface area contributed by atoms with E-state index in [4.69, 9.17) is 5.11 Å². The third-order valence-electron chi connectivity index (χ3n) is 1.55. The van der Waals surface area contributed by atoms with Gasteiger partial charge in [-0.15, -0.1) is 0 Å². The summed E-state index contributed by atoms with van der Waals surface area (Å²) < 4.78 is 0. The Bertz CT molecular complexity index is 118. The van der Waals surface area contributed by atoms with E-state index in [9.17, 15) is 4.79 Å². The van der Waals surface area contributed by atoms with Crippen molar-refractivity contribution in [2.24, 2.45) is 0 Å². The second-order valence-corrected chi connectivity index (χ2v) is 3.55. The smallest absolute Gasteiger partial charge is 0.210 e. The molecule has 0 heterocycles. The van der Waals surface area contributed by atoms with Crippen LogP contribution in [-0.4, -0.2) is 35.1 Å². The molecule has 1 N–H and O–H groups in total. The fourth-order valence-corrected chi connectivity index (χ4v) is 0.787. The van der Waals surface area contributed by atoms with Crippen LogP contribution >= 0.6 is 0 Å². The van der Waals surface area contributed by atoms with Gasteiger partial charge in [-0.05, 0) is 27.2 Å². The van der Waals surface area contributed by atoms with Crippen molar-refractivity contribution in [1.82, 2.24) is 4.90 Å². The SMILES string of the molecule is CC(C)(C)N(C=O)CCCO. The first-order valence-electron chi connectivity index (χ1n) is 3.85. The zero-order valence-corrected chi connectivity index (χ0v) is 7.50. The maximum Gasteiger partial charge on any atom is 0.210 e. The van der Waals surface area contributed by atoms with Crippen LogP contribution in [0.3, 0.4) is 0 Å². The van der Waals surface area contributed by atoms with Crippen molar-refractivity contribution in [2.75, 3.05) is 13.2 Å². The molecule has 3 heteroatoms. The van der Waals surface area contributed by atoms with Crippen LogP contribution < -0.4 is 0 Å². The van der Waals surface area contributed by atoms with Gasteiger partial charge in [-0.2, -0.15) is 0 Å². The molecule has 11 heavy (non-hydrogen) atoms. The van der Waals surface area contributed by atoms with Gasteiger partial charge < -0.3 is 10.0 Å². The highest BCUT2D eigenvalue weighted by atomic mass is 16.3. The fourth-order valence-electron chi connectivity index (χ4n) is 0.787. The number of amides is 1. The largest absolute Gasteiger partial charge is 0.396 e. The maximum absolute atomic E-state index is 10.5. The van der Waals surface area contributed by atoms with Gasteiger partial charge in [0.1, 0.15) is 0 Å². The third kappa shape index (κ3) is 3.98. The van der Waals surface area contributed by atoms with Crippen LogP contribution in [0.4, 0.5) is 0 Å². The first-order chi connectivity index (χ1) is 5.02. The number of rotatable bonds is 4. The quantitative estimate of drug-likeness (QED) is 0.611. The Morgan fingerprint density at radius 2 is 2.00 bits per heavy atom. The van der Waals surface area contributed by atoms with Gasteiger partial charge in [0, 0.05) is 18.7 Å². The predicted octanol–water partition coefficient (Wildman–Crippen LogP) is 0.626. The van der Waals surface area contributed by atoms with E-state index in [1.54, 1.807) is 4.90 Å². The van der Waals surface area contributed by atoms with Gasteiger partial charge >= 0.3 is 0 Å². The molecular weight excluding hydrogens is 142 g/mol. The summed E-state index contributed by atoms with van der Waals surface area (Å²) in [4.78, 5) is 12.2. The van der Waals surface area contributed by atoms with Crippen molar-refractivity contribution in [2.45, 2.75) is 32.7 Å². The molecule has 0 aromatic heterocycles. The summed E-state index contributed by atoms with van der Waals surface area (Å²) in [6.45, 7) is 6.68. The van der Waals surface area contributed by atoms with E-state index < -0.39 is 0 Å². The Kier molecular flexibility index (Phi) is 4.11. The van der Waals surface area contributed by atoms with Gasteiger partial charge in [-0.3, -0.25) is 4.79 Å². The Hall–Kier alpha value is -0.570. The van der Waals surface area contributed by atoms with Gasteiger partial charge in [0.2, 0.25) is 6.41 Å². The highest BCUT2D eigenvalue weighted by molar-refractivity contribution is 5.48. The molecule has 0 aliphatic heterocycles. The second-order valence-electron chi connectivity index (χ2n) is 3.55. The lowest BCUT2D eigenvalue weighted by Crippen LogP contribution is -2.41. The molecule has 0 aliphatic rings. The molecule has 0 radical (unpaired) electrons. The van der Waals surface area contributed by atoms with Gasteiger partial charge in [0.05, 0.1) is 0 Å². The fraction of sp³-hybridized carbons (Fsp3) is 0.875. The number of carbonyl (C=O) groups is 1. The lowest BCUT2D eigenvalue weighted by atomic mass is 10.1. The molecule has 0 bridgehead atoms. The lowest BCUT2D eigenvalue weighted by molar-refractivity contribution is -0.122. The molecule has 0 aliphatic carbocycles. The van der Waals surface area contributed by atoms with E-state index in [1.807, 2.05) is 20.8 Å². The molecule has 0 aromatic carbocycles. The Balaban J connectivity index is 3.86. The van der Waals surface area contributed by atoms with E-state index in [1.165, 1.54) is 0 Å². The zero-order valence-electron chi connectivity index (χ0n) is 7.50. The van der Waals surface area contributed by atoms with Crippen LogP contribution in [0.5, 0.6) is 0 Å². The third-order valence-corrected chi connectivity index (χ3v) is 1.55. The first-order valence-corrected chi connectivity index (χ1v) is 3.85. The molecule has 0 atom stereocenters. The number of hydrogen-bond donors (Lipinski definition) is 1. The summed E-state index contributed by atoms with van der Waals surface area (Å²) >= 11 is 0. The average molecular weight is 159 g/mol. The molecule has 0 spiro atoms. The zero-order chi connectivity index (χ0) is 8.91. The van der Waals surface area contributed by atoms with Gasteiger partial charge in [0.15, 0.2) is 0 Å². The van der Waals surface area contributed by atoms with Crippen LogP contribution in [-0.2, 0) is 4.79 Å². The lowest BCUT2D eigenvalue weighted by Gasteiger charge is -2.31. The minimum Gasteiger partial charge on any atom is -0.396 e. The van der Waals surface area contributed by atoms with Crippen molar-refractivity contribution < 1.29 is 9.90 Å². The number of aliphatic hydroxyl groups excluding tert-OH is 1. The second kappa shape index (κ2) is 4.34. The topological polar surface area (TPSA) is 40.5 Å². The highest BCUT2D eigenvalue weighted by Gasteiger charge is 2.17. The monoisotopic (exact) mass is 159 g/mol. The van der Waals surface area contributed by atoms with Crippen LogP contribution in [0.15, 0.2) is 0 Å². The number of hydrogen-bond acceptors (Lipinski definition) is 2. The maximum atomic E-state index is 10.5. The molecule has 0 saturated heterocycles. The number of aliphatic hydroxyl groups is 1. The van der Waals surface area contributed by atoms with E-state index in [-0.39, 0.29) is 12.1 Å². The van der Waals surface area contributed by atoms with E-state index in [2.05, 4.69) is 0 Å². The Labute approximate surface area is 68.0 Å². The standard InChI is InChI=1S/C8H17NO2/c1-8(2,3)9(7-11)5-4-6-10/h7,10H,4-6H2,1-3H3. The van der Waals surface area contributed by atoms with E-state index in [0.29, 0.717) is 13.0 Å². The first kappa shape index (κ1) is 10.4. The van der Waals surface area contributed by atoms with Crippen LogP contribution in [0, 0.1) is 0 Å². The molecule has 0 aromatic rings.